The van der Waals surface area contributed by atoms with Gasteiger partial charge in [-0.25, -0.2) is 0 Å². The van der Waals surface area contributed by atoms with E-state index < -0.39 is 94.3 Å². The van der Waals surface area contributed by atoms with Crippen molar-refractivity contribution in [2.45, 2.75) is 0 Å². The maximum absolute atomic E-state index is 13.7. The van der Waals surface area contributed by atoms with Gasteiger partial charge < -0.3 is 0 Å². The van der Waals surface area contributed by atoms with Crippen molar-refractivity contribution in [2.75, 3.05) is 0 Å². The summed E-state index contributed by atoms with van der Waals surface area (Å²) in [6.45, 7) is 0. The SMILES string of the molecule is Fc1c(F)c(F)c2c(c1F)[Se]c1c(F)c(F)c(F)c(F)c1[Se]2. The van der Waals surface area contributed by atoms with Crippen molar-refractivity contribution in [3.63, 3.8) is 0 Å². The van der Waals surface area contributed by atoms with Crippen LogP contribution in [-0.2, 0) is 0 Å². The van der Waals surface area contributed by atoms with E-state index in [1.807, 2.05) is 0 Å². The summed E-state index contributed by atoms with van der Waals surface area (Å²) in [5, 5.41) is 0. The normalized spacial score (nSPS) is 13.1. The Labute approximate surface area is 129 Å². The van der Waals surface area contributed by atoms with Crippen LogP contribution in [0.25, 0.3) is 0 Å². The summed E-state index contributed by atoms with van der Waals surface area (Å²) in [7, 11) is 0. The predicted octanol–water partition coefficient (Wildman–Crippen LogP) is 0.423. The molecule has 22 heavy (non-hydrogen) atoms. The number of fused-ring (bicyclic) bond motifs is 2. The maximum atomic E-state index is 13.7. The number of benzene rings is 2. The zero-order valence-electron chi connectivity index (χ0n) is 9.84. The second-order valence-corrected chi connectivity index (χ2v) is 8.32. The van der Waals surface area contributed by atoms with Gasteiger partial charge in [-0.05, 0) is 0 Å². The molecule has 0 saturated carbocycles. The summed E-state index contributed by atoms with van der Waals surface area (Å²) in [4.78, 5) is 0. The van der Waals surface area contributed by atoms with E-state index in [-0.39, 0.29) is 0 Å². The van der Waals surface area contributed by atoms with Crippen LogP contribution in [0.3, 0.4) is 0 Å². The first kappa shape index (κ1) is 15.8. The molecule has 0 bridgehead atoms. The van der Waals surface area contributed by atoms with E-state index in [0.717, 1.165) is 0 Å². The molecule has 10 heteroatoms. The molecule has 0 nitrogen and oxygen atoms in total. The fourth-order valence-corrected chi connectivity index (χ4v) is 7.46. The minimum atomic E-state index is -2.08. The number of rotatable bonds is 0. The Kier molecular flexibility index (Phi) is 3.76. The molecule has 0 spiro atoms. The molecule has 0 atom stereocenters. The number of hydrogen-bond acceptors (Lipinski definition) is 0. The summed E-state index contributed by atoms with van der Waals surface area (Å²) < 4.78 is 105. The first-order valence-corrected chi connectivity index (χ1v) is 8.75. The Balaban J connectivity index is 2.32. The third kappa shape index (κ3) is 2.01. The van der Waals surface area contributed by atoms with Crippen molar-refractivity contribution in [3.8, 4) is 0 Å². The van der Waals surface area contributed by atoms with Gasteiger partial charge in [-0.15, -0.1) is 0 Å². The molecule has 0 aromatic heterocycles. The van der Waals surface area contributed by atoms with Crippen LogP contribution < -0.4 is 17.8 Å². The van der Waals surface area contributed by atoms with Gasteiger partial charge in [0, 0.05) is 0 Å². The van der Waals surface area contributed by atoms with Crippen molar-refractivity contribution in [1.29, 1.82) is 0 Å². The van der Waals surface area contributed by atoms with Gasteiger partial charge in [0.1, 0.15) is 0 Å². The molecule has 1 aliphatic rings. The van der Waals surface area contributed by atoms with Gasteiger partial charge >= 0.3 is 129 Å². The number of hydrogen-bond donors (Lipinski definition) is 0. The molecule has 116 valence electrons. The molecule has 1 aliphatic heterocycles. The molecule has 2 aromatic carbocycles. The molecular formula is C12F8Se2. The Bertz CT molecular complexity index is 698. The van der Waals surface area contributed by atoms with Gasteiger partial charge in [-0.3, -0.25) is 0 Å². The average molecular weight is 454 g/mol. The van der Waals surface area contributed by atoms with Crippen LogP contribution in [0.4, 0.5) is 35.1 Å². The van der Waals surface area contributed by atoms with E-state index in [2.05, 4.69) is 0 Å². The van der Waals surface area contributed by atoms with Gasteiger partial charge in [0.05, 0.1) is 0 Å². The topological polar surface area (TPSA) is 0 Å². The van der Waals surface area contributed by atoms with Gasteiger partial charge in [0.15, 0.2) is 0 Å². The second-order valence-electron chi connectivity index (χ2n) is 4.03. The second kappa shape index (κ2) is 5.23. The van der Waals surface area contributed by atoms with Crippen LogP contribution in [0.5, 0.6) is 0 Å². The Hall–Kier alpha value is -1.08. The zero-order chi connectivity index (χ0) is 16.3. The average Bonchev–Trinajstić information content (AvgIpc) is 2.52. The van der Waals surface area contributed by atoms with E-state index in [9.17, 15) is 35.1 Å². The Morgan fingerprint density at radius 1 is 0.318 bits per heavy atom. The van der Waals surface area contributed by atoms with Crippen molar-refractivity contribution < 1.29 is 35.1 Å². The molecule has 0 fully saturated rings. The minimum absolute atomic E-state index is 0.666. The fourth-order valence-electron chi connectivity index (χ4n) is 1.75. The van der Waals surface area contributed by atoms with Crippen LogP contribution in [0.2, 0.25) is 0 Å². The monoisotopic (exact) mass is 456 g/mol. The van der Waals surface area contributed by atoms with E-state index in [1.54, 1.807) is 0 Å². The zero-order valence-corrected chi connectivity index (χ0v) is 13.3. The van der Waals surface area contributed by atoms with Crippen LogP contribution in [0.1, 0.15) is 0 Å². The van der Waals surface area contributed by atoms with E-state index >= 15 is 0 Å². The van der Waals surface area contributed by atoms with E-state index in [1.165, 1.54) is 0 Å². The molecule has 0 amide bonds. The fraction of sp³-hybridized carbons (Fsp3) is 0. The van der Waals surface area contributed by atoms with E-state index in [0.29, 0.717) is 0 Å². The quantitative estimate of drug-likeness (QED) is 0.200. The first-order valence-electron chi connectivity index (χ1n) is 5.33. The van der Waals surface area contributed by atoms with Crippen molar-refractivity contribution in [1.82, 2.24) is 0 Å². The molecule has 1 heterocycles. The van der Waals surface area contributed by atoms with Gasteiger partial charge in [0.25, 0.3) is 0 Å². The summed E-state index contributed by atoms with van der Waals surface area (Å²) in [6.07, 6.45) is 0. The standard InChI is InChI=1S/C12F8Se2/c13-1-2(14)6(18)10-9(5(1)17)21-11-7(19)3(15)4(16)8(20)12(11)22-10. The molecule has 2 aromatic rings. The Morgan fingerprint density at radius 2 is 0.500 bits per heavy atom. The molecular weight excluding hydrogens is 454 g/mol. The van der Waals surface area contributed by atoms with Crippen LogP contribution in [0.15, 0.2) is 0 Å². The van der Waals surface area contributed by atoms with Crippen LogP contribution >= 0.6 is 0 Å². The van der Waals surface area contributed by atoms with Crippen molar-refractivity contribution in [3.05, 3.63) is 46.5 Å². The van der Waals surface area contributed by atoms with Crippen molar-refractivity contribution in [2.24, 2.45) is 0 Å². The summed E-state index contributed by atoms with van der Waals surface area (Å²) in [5.74, 6) is -15.3. The van der Waals surface area contributed by atoms with Crippen molar-refractivity contribution >= 4 is 47.8 Å². The molecule has 0 radical (unpaired) electrons. The summed E-state index contributed by atoms with van der Waals surface area (Å²) in [5.41, 5.74) is 0. The molecule has 3 rings (SSSR count). The summed E-state index contributed by atoms with van der Waals surface area (Å²) in [6, 6.07) is 0. The first-order chi connectivity index (χ1) is 10.3. The van der Waals surface area contributed by atoms with Crippen LogP contribution in [0, 0.1) is 46.5 Å². The third-order valence-electron chi connectivity index (χ3n) is 2.77. The third-order valence-corrected chi connectivity index (χ3v) is 9.01. The molecule has 0 saturated heterocycles. The van der Waals surface area contributed by atoms with Gasteiger partial charge in [0.2, 0.25) is 0 Å². The Morgan fingerprint density at radius 3 is 0.682 bits per heavy atom. The molecule has 0 unspecified atom stereocenters. The molecule has 0 N–H and O–H groups in total. The summed E-state index contributed by atoms with van der Waals surface area (Å²) >= 11 is -3.16. The number of halogens is 8. The van der Waals surface area contributed by atoms with Gasteiger partial charge in [-0.1, -0.05) is 0 Å². The van der Waals surface area contributed by atoms with Crippen LogP contribution in [-0.4, -0.2) is 29.9 Å². The molecule has 0 aliphatic carbocycles. The van der Waals surface area contributed by atoms with Gasteiger partial charge in [-0.2, -0.15) is 0 Å². The van der Waals surface area contributed by atoms with E-state index in [4.69, 9.17) is 0 Å². The predicted molar refractivity (Wildman–Crippen MR) is 62.6 cm³/mol.